The average Bonchev–Trinajstić information content (AvgIpc) is 2.03. The Kier molecular flexibility index (Phi) is 5.14. The van der Waals surface area contributed by atoms with Crippen molar-refractivity contribution in [2.24, 2.45) is 10.9 Å². The molecule has 0 fully saturated rings. The molecule has 0 heterocycles. The fraction of sp³-hybridized carbons (Fsp3) is 0.714. The van der Waals surface area contributed by atoms with Gasteiger partial charge in [0, 0.05) is 12.7 Å². The molecule has 7 heteroatoms. The van der Waals surface area contributed by atoms with Gasteiger partial charge >= 0.3 is 5.97 Å². The van der Waals surface area contributed by atoms with E-state index in [1.807, 2.05) is 0 Å². The second kappa shape index (κ2) is 5.58. The summed E-state index contributed by atoms with van der Waals surface area (Å²) in [7, 11) is -3.12. The maximum absolute atomic E-state index is 11.1. The van der Waals surface area contributed by atoms with Crippen molar-refractivity contribution in [3.05, 3.63) is 0 Å². The maximum atomic E-state index is 11.1. The van der Waals surface area contributed by atoms with Gasteiger partial charge in [-0.3, -0.25) is 0 Å². The number of rotatable bonds is 5. The molecular formula is C7H14N2O4S. The second-order valence-electron chi connectivity index (χ2n) is 2.68. The lowest BCUT2D eigenvalue weighted by Crippen LogP contribution is -2.22. The van der Waals surface area contributed by atoms with Crippen LogP contribution in [0.25, 0.3) is 0 Å². The Morgan fingerprint density at radius 2 is 2.07 bits per heavy atom. The number of nitrogens with zero attached hydrogens (tertiary/aromatic N) is 1. The van der Waals surface area contributed by atoms with Gasteiger partial charge < -0.3 is 10.6 Å². The minimum absolute atomic E-state index is 0.0197. The summed E-state index contributed by atoms with van der Waals surface area (Å²) in [6.45, 7) is 1.85. The van der Waals surface area contributed by atoms with Crippen LogP contribution in [-0.4, -0.2) is 38.7 Å². The van der Waals surface area contributed by atoms with Gasteiger partial charge in [-0.05, 0) is 6.92 Å². The van der Waals surface area contributed by atoms with Crippen molar-refractivity contribution in [2.75, 3.05) is 18.6 Å². The number of hydrogen-bond donors (Lipinski definition) is 1. The van der Waals surface area contributed by atoms with Gasteiger partial charge in [0.1, 0.15) is 15.5 Å². The van der Waals surface area contributed by atoms with Crippen LogP contribution in [0.3, 0.4) is 0 Å². The summed E-state index contributed by atoms with van der Waals surface area (Å²) in [5.74, 6) is 4.09. The third-order valence-electron chi connectivity index (χ3n) is 1.38. The van der Waals surface area contributed by atoms with Crippen LogP contribution >= 0.6 is 0 Å². The van der Waals surface area contributed by atoms with Crippen LogP contribution in [0.1, 0.15) is 13.3 Å². The van der Waals surface area contributed by atoms with Crippen LogP contribution in [0, 0.1) is 0 Å². The first kappa shape index (κ1) is 12.9. The summed E-state index contributed by atoms with van der Waals surface area (Å²) in [4.78, 5) is 11.1. The molecule has 82 valence electrons. The zero-order chi connectivity index (χ0) is 11.2. The summed E-state index contributed by atoms with van der Waals surface area (Å²) < 4.78 is 26.2. The number of ether oxygens (including phenoxy) is 1. The summed E-state index contributed by atoms with van der Waals surface area (Å²) in [5, 5.41) is 3.19. The number of esters is 1. The molecule has 0 spiro atoms. The van der Waals surface area contributed by atoms with Gasteiger partial charge in [-0.1, -0.05) is 0 Å². The third-order valence-corrected chi connectivity index (χ3v) is 2.32. The molecule has 14 heavy (non-hydrogen) atoms. The summed E-state index contributed by atoms with van der Waals surface area (Å²) in [6.07, 6.45) is 1.06. The molecule has 0 saturated heterocycles. The number of carbonyl (C=O) groups is 1. The maximum Gasteiger partial charge on any atom is 0.354 e. The van der Waals surface area contributed by atoms with Crippen molar-refractivity contribution >= 4 is 21.5 Å². The highest BCUT2D eigenvalue weighted by atomic mass is 32.2. The van der Waals surface area contributed by atoms with E-state index in [4.69, 9.17) is 5.84 Å². The predicted molar refractivity (Wildman–Crippen MR) is 52.6 cm³/mol. The van der Waals surface area contributed by atoms with Gasteiger partial charge in [0.25, 0.3) is 0 Å². The van der Waals surface area contributed by atoms with Gasteiger partial charge in [0.2, 0.25) is 0 Å². The Labute approximate surface area is 83.0 Å². The molecule has 0 rings (SSSR count). The highest BCUT2D eigenvalue weighted by Gasteiger charge is 2.14. The molecule has 0 aromatic carbocycles. The topological polar surface area (TPSA) is 98.8 Å². The van der Waals surface area contributed by atoms with E-state index < -0.39 is 15.8 Å². The zero-order valence-corrected chi connectivity index (χ0v) is 9.00. The third kappa shape index (κ3) is 5.52. The monoisotopic (exact) mass is 222 g/mol. The molecule has 0 radical (unpaired) electrons. The minimum Gasteiger partial charge on any atom is -0.461 e. The van der Waals surface area contributed by atoms with Crippen LogP contribution in [0.4, 0.5) is 0 Å². The number of nitrogens with two attached hydrogens (primary N) is 1. The first-order chi connectivity index (χ1) is 6.40. The molecule has 0 unspecified atom stereocenters. The quantitative estimate of drug-likeness (QED) is 0.287. The van der Waals surface area contributed by atoms with Crippen LogP contribution in [0.2, 0.25) is 0 Å². The SMILES string of the molecule is CCOC(=O)/C(CCS(C)(=O)=O)=N\N. The van der Waals surface area contributed by atoms with E-state index in [0.717, 1.165) is 6.26 Å². The van der Waals surface area contributed by atoms with E-state index in [-0.39, 0.29) is 24.5 Å². The molecule has 0 amide bonds. The zero-order valence-electron chi connectivity index (χ0n) is 8.19. The Morgan fingerprint density at radius 1 is 1.50 bits per heavy atom. The van der Waals surface area contributed by atoms with Crippen molar-refractivity contribution in [3.63, 3.8) is 0 Å². The molecule has 0 aliphatic carbocycles. The van der Waals surface area contributed by atoms with E-state index in [1.54, 1.807) is 6.92 Å². The first-order valence-corrected chi connectivity index (χ1v) is 6.08. The lowest BCUT2D eigenvalue weighted by molar-refractivity contribution is -0.135. The predicted octanol–water partition coefficient (Wildman–Crippen LogP) is -0.701. The number of hydrogen-bond acceptors (Lipinski definition) is 6. The van der Waals surface area contributed by atoms with Crippen molar-refractivity contribution in [1.82, 2.24) is 0 Å². The van der Waals surface area contributed by atoms with Crippen molar-refractivity contribution < 1.29 is 17.9 Å². The fourth-order valence-electron chi connectivity index (χ4n) is 0.716. The van der Waals surface area contributed by atoms with E-state index >= 15 is 0 Å². The summed E-state index contributed by atoms with van der Waals surface area (Å²) in [5.41, 5.74) is -0.0581. The van der Waals surface area contributed by atoms with E-state index in [1.165, 1.54) is 0 Å². The highest BCUT2D eigenvalue weighted by Crippen LogP contribution is 1.95. The molecule has 0 atom stereocenters. The van der Waals surface area contributed by atoms with Gasteiger partial charge in [-0.2, -0.15) is 5.10 Å². The van der Waals surface area contributed by atoms with Gasteiger partial charge in [-0.15, -0.1) is 0 Å². The lowest BCUT2D eigenvalue weighted by Gasteiger charge is -2.03. The summed E-state index contributed by atoms with van der Waals surface area (Å²) >= 11 is 0. The Hall–Kier alpha value is -1.11. The van der Waals surface area contributed by atoms with Crippen LogP contribution in [0.5, 0.6) is 0 Å². The number of carbonyl (C=O) groups excluding carboxylic acids is 1. The Bertz CT molecular complexity index is 321. The van der Waals surface area contributed by atoms with Gasteiger partial charge in [0.05, 0.1) is 12.4 Å². The van der Waals surface area contributed by atoms with Gasteiger partial charge in [-0.25, -0.2) is 13.2 Å². The van der Waals surface area contributed by atoms with E-state index in [2.05, 4.69) is 9.84 Å². The molecule has 0 aliphatic heterocycles. The smallest absolute Gasteiger partial charge is 0.354 e. The van der Waals surface area contributed by atoms with Gasteiger partial charge in [0.15, 0.2) is 0 Å². The largest absolute Gasteiger partial charge is 0.461 e. The van der Waals surface area contributed by atoms with Crippen LogP contribution < -0.4 is 5.84 Å². The van der Waals surface area contributed by atoms with Crippen molar-refractivity contribution in [3.8, 4) is 0 Å². The first-order valence-electron chi connectivity index (χ1n) is 4.02. The van der Waals surface area contributed by atoms with E-state index in [0.29, 0.717) is 0 Å². The molecule has 0 aliphatic rings. The molecule has 6 nitrogen and oxygen atoms in total. The molecule has 0 saturated carbocycles. The molecule has 0 aromatic rings. The average molecular weight is 222 g/mol. The van der Waals surface area contributed by atoms with E-state index in [9.17, 15) is 13.2 Å². The van der Waals surface area contributed by atoms with Crippen molar-refractivity contribution in [2.45, 2.75) is 13.3 Å². The fourth-order valence-corrected chi connectivity index (χ4v) is 1.28. The molecule has 0 bridgehead atoms. The Morgan fingerprint density at radius 3 is 2.43 bits per heavy atom. The highest BCUT2D eigenvalue weighted by molar-refractivity contribution is 7.90. The summed E-state index contributed by atoms with van der Waals surface area (Å²) in [6, 6.07) is 0. The molecule has 2 N–H and O–H groups in total. The second-order valence-corrected chi connectivity index (χ2v) is 4.94. The minimum atomic E-state index is -3.12. The van der Waals surface area contributed by atoms with Crippen molar-refractivity contribution in [1.29, 1.82) is 0 Å². The normalized spacial score (nSPS) is 12.6. The standard InChI is InChI=1S/C7H14N2O4S/c1-3-13-7(10)6(9-8)4-5-14(2,11)12/h3-5,8H2,1-2H3/b9-6-. The molecule has 0 aromatic heterocycles. The lowest BCUT2D eigenvalue weighted by atomic mass is 10.3. The number of hydrazone groups is 1. The Balaban J connectivity index is 4.26. The van der Waals surface area contributed by atoms with Crippen LogP contribution in [0.15, 0.2) is 5.10 Å². The number of sulfone groups is 1. The molecular weight excluding hydrogens is 208 g/mol. The van der Waals surface area contributed by atoms with Crippen LogP contribution in [-0.2, 0) is 19.4 Å².